The van der Waals surface area contributed by atoms with Gasteiger partial charge in [0.05, 0.1) is 27.2 Å². The number of aliphatic hydroxyl groups excluding tert-OH is 1. The maximum absolute atomic E-state index is 12.7. The van der Waals surface area contributed by atoms with Gasteiger partial charge in [0.15, 0.2) is 5.17 Å². The van der Waals surface area contributed by atoms with Gasteiger partial charge in [-0.25, -0.2) is 4.99 Å². The smallest absolute Gasteiger partial charge is 0.264 e. The molecule has 0 aliphatic carbocycles. The number of aliphatic imine (C=N–C) groups is 1. The monoisotopic (exact) mass is 478 g/mol. The van der Waals surface area contributed by atoms with Gasteiger partial charge in [-0.2, -0.15) is 0 Å². The molecule has 1 aromatic heterocycles. The fraction of sp³-hybridized carbons (Fsp3) is 0.167. The molecule has 2 aliphatic heterocycles. The van der Waals surface area contributed by atoms with E-state index in [-0.39, 0.29) is 11.8 Å². The van der Waals surface area contributed by atoms with Crippen molar-refractivity contribution in [3.8, 4) is 0 Å². The maximum Gasteiger partial charge on any atom is 0.264 e. The van der Waals surface area contributed by atoms with E-state index in [2.05, 4.69) is 15.3 Å². The van der Waals surface area contributed by atoms with Crippen molar-refractivity contribution < 1.29 is 14.7 Å². The third kappa shape index (κ3) is 4.64. The molecule has 3 heterocycles. The lowest BCUT2D eigenvalue weighted by atomic mass is 10.1. The highest BCUT2D eigenvalue weighted by atomic mass is 35.5. The van der Waals surface area contributed by atoms with Gasteiger partial charge < -0.3 is 15.3 Å². The number of thioether (sulfide) groups is 1. The van der Waals surface area contributed by atoms with Crippen LogP contribution in [-0.2, 0) is 4.79 Å². The average molecular weight is 479 g/mol. The largest absolute Gasteiger partial charge is 0.391 e. The Morgan fingerprint density at radius 2 is 2.15 bits per heavy atom. The van der Waals surface area contributed by atoms with Crippen molar-refractivity contribution in [1.29, 1.82) is 0 Å². The lowest BCUT2D eigenvalue weighted by Crippen LogP contribution is -2.29. The molecule has 9 heteroatoms. The van der Waals surface area contributed by atoms with Crippen molar-refractivity contribution in [3.05, 3.63) is 75.8 Å². The molecular formula is C24H19ClN4O3S. The minimum Gasteiger partial charge on any atom is -0.391 e. The van der Waals surface area contributed by atoms with E-state index in [0.29, 0.717) is 45.9 Å². The molecule has 1 atom stereocenters. The number of fused-ring (bicyclic) bond motifs is 1. The Balaban J connectivity index is 1.38. The SMILES string of the molecule is O=C1NC(=Nc2cc(C(=O)N3CC[C@H](O)C3)ccc2Cl)S/C1=C/c1ccc2ncccc2c1. The predicted octanol–water partition coefficient (Wildman–Crippen LogP) is 3.99. The number of hydrogen-bond acceptors (Lipinski definition) is 6. The summed E-state index contributed by atoms with van der Waals surface area (Å²) in [6, 6.07) is 14.5. The first-order valence-corrected chi connectivity index (χ1v) is 11.6. The van der Waals surface area contributed by atoms with Crippen LogP contribution in [0.5, 0.6) is 0 Å². The Morgan fingerprint density at radius 1 is 1.27 bits per heavy atom. The number of likely N-dealkylation sites (tertiary alicyclic amines) is 1. The highest BCUT2D eigenvalue weighted by Gasteiger charge is 2.27. The highest BCUT2D eigenvalue weighted by molar-refractivity contribution is 8.18. The van der Waals surface area contributed by atoms with Crippen molar-refractivity contribution in [2.24, 2.45) is 4.99 Å². The predicted molar refractivity (Wildman–Crippen MR) is 131 cm³/mol. The van der Waals surface area contributed by atoms with Crippen LogP contribution in [0.1, 0.15) is 22.3 Å². The topological polar surface area (TPSA) is 94.9 Å². The third-order valence-electron chi connectivity index (χ3n) is 5.44. The van der Waals surface area contributed by atoms with E-state index >= 15 is 0 Å². The zero-order valence-corrected chi connectivity index (χ0v) is 18.9. The molecule has 0 radical (unpaired) electrons. The van der Waals surface area contributed by atoms with Crippen molar-refractivity contribution in [1.82, 2.24) is 15.2 Å². The summed E-state index contributed by atoms with van der Waals surface area (Å²) < 4.78 is 0. The van der Waals surface area contributed by atoms with Gasteiger partial charge in [0.25, 0.3) is 11.8 Å². The summed E-state index contributed by atoms with van der Waals surface area (Å²) in [5.41, 5.74) is 2.59. The van der Waals surface area contributed by atoms with Gasteiger partial charge in [0.2, 0.25) is 0 Å². The van der Waals surface area contributed by atoms with Crippen LogP contribution in [0, 0.1) is 0 Å². The first-order valence-electron chi connectivity index (χ1n) is 10.4. The number of rotatable bonds is 3. The van der Waals surface area contributed by atoms with Gasteiger partial charge in [-0.05, 0) is 66.2 Å². The van der Waals surface area contributed by atoms with E-state index < -0.39 is 6.10 Å². The molecule has 2 aromatic carbocycles. The first kappa shape index (κ1) is 21.6. The van der Waals surface area contributed by atoms with Crippen molar-refractivity contribution in [3.63, 3.8) is 0 Å². The standard InChI is InChI=1S/C24H19ClN4O3S/c25-18-5-4-16(23(32)29-9-7-17(30)13-29)12-20(18)27-24-28-22(31)21(33-24)11-14-3-6-19-15(10-14)2-1-8-26-19/h1-6,8,10-12,17,30H,7,9,13H2,(H,27,28,31)/b21-11+/t17-/m0/s1. The van der Waals surface area contributed by atoms with Crippen molar-refractivity contribution in [2.45, 2.75) is 12.5 Å². The second-order valence-corrected chi connectivity index (χ2v) is 9.23. The van der Waals surface area contributed by atoms with Crippen LogP contribution in [0.25, 0.3) is 17.0 Å². The number of hydrogen-bond donors (Lipinski definition) is 2. The quantitative estimate of drug-likeness (QED) is 0.555. The fourth-order valence-electron chi connectivity index (χ4n) is 3.77. The Labute approximate surface area is 199 Å². The number of β-amino-alcohol motifs (C(OH)–C–C–N with tert-alkyl or cyclic N) is 1. The van der Waals surface area contributed by atoms with Gasteiger partial charge in [-0.3, -0.25) is 14.6 Å². The van der Waals surface area contributed by atoms with Crippen LogP contribution >= 0.6 is 23.4 Å². The number of halogens is 1. The number of aliphatic hydroxyl groups is 1. The summed E-state index contributed by atoms with van der Waals surface area (Å²) in [5, 5.41) is 14.2. The summed E-state index contributed by atoms with van der Waals surface area (Å²) in [6.07, 6.45) is 3.62. The Kier molecular flexibility index (Phi) is 5.88. The molecule has 2 N–H and O–H groups in total. The van der Waals surface area contributed by atoms with E-state index in [9.17, 15) is 14.7 Å². The number of carbonyl (C=O) groups excluding carboxylic acids is 2. The molecule has 0 spiro atoms. The molecule has 2 fully saturated rings. The Morgan fingerprint density at radius 3 is 2.97 bits per heavy atom. The number of aromatic nitrogens is 1. The second kappa shape index (κ2) is 8.97. The molecule has 7 nitrogen and oxygen atoms in total. The van der Waals surface area contributed by atoms with E-state index in [1.807, 2.05) is 30.3 Å². The number of amides is 2. The highest BCUT2D eigenvalue weighted by Crippen LogP contribution is 2.32. The Bertz CT molecular complexity index is 1340. The fourth-order valence-corrected chi connectivity index (χ4v) is 4.76. The molecule has 2 amide bonds. The Hall–Kier alpha value is -3.20. The van der Waals surface area contributed by atoms with E-state index in [1.165, 1.54) is 11.8 Å². The zero-order valence-electron chi connectivity index (χ0n) is 17.4. The third-order valence-corrected chi connectivity index (χ3v) is 6.67. The summed E-state index contributed by atoms with van der Waals surface area (Å²) in [4.78, 5) is 36.1. The molecule has 0 bridgehead atoms. The second-order valence-electron chi connectivity index (χ2n) is 7.80. The molecule has 0 unspecified atom stereocenters. The molecular weight excluding hydrogens is 460 g/mol. The van der Waals surface area contributed by atoms with Gasteiger partial charge in [-0.15, -0.1) is 0 Å². The van der Waals surface area contributed by atoms with Gasteiger partial charge in [0, 0.05) is 30.2 Å². The summed E-state index contributed by atoms with van der Waals surface area (Å²) in [7, 11) is 0. The molecule has 2 aliphatic rings. The minimum absolute atomic E-state index is 0.181. The number of pyridine rings is 1. The van der Waals surface area contributed by atoms with Crippen LogP contribution < -0.4 is 5.32 Å². The zero-order chi connectivity index (χ0) is 22.9. The summed E-state index contributed by atoms with van der Waals surface area (Å²) in [6.45, 7) is 0.827. The number of benzene rings is 2. The van der Waals surface area contributed by atoms with E-state index in [4.69, 9.17) is 11.6 Å². The van der Waals surface area contributed by atoms with Crippen LogP contribution in [0.2, 0.25) is 5.02 Å². The first-order chi connectivity index (χ1) is 16.0. The molecule has 2 saturated heterocycles. The molecule has 166 valence electrons. The van der Waals surface area contributed by atoms with Crippen LogP contribution in [-0.4, -0.2) is 51.2 Å². The average Bonchev–Trinajstić information content (AvgIpc) is 3.40. The molecule has 5 rings (SSSR count). The number of carbonyl (C=O) groups is 2. The molecule has 3 aromatic rings. The van der Waals surface area contributed by atoms with Crippen LogP contribution in [0.3, 0.4) is 0 Å². The number of nitrogens with one attached hydrogen (secondary N) is 1. The van der Waals surface area contributed by atoms with Gasteiger partial charge in [-0.1, -0.05) is 23.7 Å². The normalized spacial score (nSPS) is 20.7. The van der Waals surface area contributed by atoms with Crippen LogP contribution in [0.4, 0.5) is 5.69 Å². The lowest BCUT2D eigenvalue weighted by Gasteiger charge is -2.16. The number of nitrogens with zero attached hydrogens (tertiary/aromatic N) is 3. The summed E-state index contributed by atoms with van der Waals surface area (Å²) >= 11 is 7.52. The van der Waals surface area contributed by atoms with Gasteiger partial charge in [0.1, 0.15) is 0 Å². The maximum atomic E-state index is 12.7. The minimum atomic E-state index is -0.491. The molecule has 33 heavy (non-hydrogen) atoms. The van der Waals surface area contributed by atoms with Crippen molar-refractivity contribution >= 4 is 63.0 Å². The van der Waals surface area contributed by atoms with Crippen molar-refractivity contribution in [2.75, 3.05) is 13.1 Å². The summed E-state index contributed by atoms with van der Waals surface area (Å²) in [5.74, 6) is -0.432. The lowest BCUT2D eigenvalue weighted by molar-refractivity contribution is -0.115. The van der Waals surface area contributed by atoms with Crippen LogP contribution in [0.15, 0.2) is 64.6 Å². The van der Waals surface area contributed by atoms with E-state index in [1.54, 1.807) is 35.4 Å². The van der Waals surface area contributed by atoms with E-state index in [0.717, 1.165) is 16.5 Å². The van der Waals surface area contributed by atoms with Gasteiger partial charge >= 0.3 is 0 Å². The molecule has 0 saturated carbocycles. The number of amidine groups is 1.